The molecule has 2 aromatic carbocycles. The highest BCUT2D eigenvalue weighted by molar-refractivity contribution is 6.35. The average molecular weight is 396 g/mol. The summed E-state index contributed by atoms with van der Waals surface area (Å²) in [6.07, 6.45) is 0. The largest absolute Gasteiger partial charge is 0.465 e. The molecule has 136 valence electrons. The number of nitrogens with zero attached hydrogens (tertiary/aromatic N) is 1. The van der Waals surface area contributed by atoms with E-state index in [0.717, 1.165) is 0 Å². The Bertz CT molecular complexity index is 901. The van der Waals surface area contributed by atoms with Gasteiger partial charge in [0.25, 0.3) is 5.91 Å². The number of ether oxygens (including phenoxy) is 1. The van der Waals surface area contributed by atoms with E-state index in [0.29, 0.717) is 0 Å². The van der Waals surface area contributed by atoms with Crippen molar-refractivity contribution in [1.29, 1.82) is 0 Å². The SMILES string of the molecule is COC(=O)c1cc(Cl)c2c(c1)N(CCO)C(=O)C2(O)c1ccccc1Cl. The first kappa shape index (κ1) is 18.7. The van der Waals surface area contributed by atoms with Crippen molar-refractivity contribution in [3.05, 3.63) is 63.1 Å². The maximum absolute atomic E-state index is 13.1. The zero-order valence-electron chi connectivity index (χ0n) is 13.7. The fraction of sp³-hybridized carbons (Fsp3) is 0.222. The van der Waals surface area contributed by atoms with E-state index in [9.17, 15) is 19.8 Å². The zero-order valence-corrected chi connectivity index (χ0v) is 15.2. The lowest BCUT2D eigenvalue weighted by Crippen LogP contribution is -2.42. The quantitative estimate of drug-likeness (QED) is 0.775. The Labute approximate surface area is 159 Å². The second-order valence-electron chi connectivity index (χ2n) is 5.71. The van der Waals surface area contributed by atoms with Crippen LogP contribution in [-0.2, 0) is 15.1 Å². The minimum Gasteiger partial charge on any atom is -0.465 e. The summed E-state index contributed by atoms with van der Waals surface area (Å²) in [6, 6.07) is 9.10. The minimum absolute atomic E-state index is 0.0131. The molecule has 0 bridgehead atoms. The second-order valence-corrected chi connectivity index (χ2v) is 6.53. The van der Waals surface area contributed by atoms with Gasteiger partial charge in [-0.25, -0.2) is 4.79 Å². The number of benzene rings is 2. The summed E-state index contributed by atoms with van der Waals surface area (Å²) in [5, 5.41) is 20.9. The van der Waals surface area contributed by atoms with Gasteiger partial charge in [0.05, 0.1) is 30.0 Å². The second kappa shape index (κ2) is 6.89. The lowest BCUT2D eigenvalue weighted by Gasteiger charge is -2.24. The van der Waals surface area contributed by atoms with E-state index >= 15 is 0 Å². The highest BCUT2D eigenvalue weighted by Crippen LogP contribution is 2.49. The summed E-state index contributed by atoms with van der Waals surface area (Å²) in [7, 11) is 1.22. The number of amides is 1. The number of aliphatic hydroxyl groups excluding tert-OH is 1. The predicted octanol–water partition coefficient (Wildman–Crippen LogP) is 2.35. The summed E-state index contributed by atoms with van der Waals surface area (Å²) < 4.78 is 4.69. The molecule has 1 unspecified atom stereocenters. The molecule has 2 N–H and O–H groups in total. The molecule has 26 heavy (non-hydrogen) atoms. The lowest BCUT2D eigenvalue weighted by atomic mass is 9.87. The molecule has 0 spiro atoms. The van der Waals surface area contributed by atoms with Gasteiger partial charge in [-0.1, -0.05) is 41.4 Å². The molecular weight excluding hydrogens is 381 g/mol. The minimum atomic E-state index is -2.13. The molecule has 3 rings (SSSR count). The van der Waals surface area contributed by atoms with E-state index in [4.69, 9.17) is 27.9 Å². The normalized spacial score (nSPS) is 18.8. The molecule has 0 radical (unpaired) electrons. The van der Waals surface area contributed by atoms with Crippen LogP contribution in [0.1, 0.15) is 21.5 Å². The van der Waals surface area contributed by atoms with E-state index in [1.54, 1.807) is 18.2 Å². The van der Waals surface area contributed by atoms with Crippen LogP contribution in [-0.4, -0.2) is 42.4 Å². The third-order valence-corrected chi connectivity index (χ3v) is 4.91. The topological polar surface area (TPSA) is 87.1 Å². The zero-order chi connectivity index (χ0) is 19.1. The smallest absolute Gasteiger partial charge is 0.337 e. The number of β-amino-alcohol motifs (C(OH)–C–C–N with tert-alkyl or cyclic N) is 1. The van der Waals surface area contributed by atoms with Crippen molar-refractivity contribution >= 4 is 40.8 Å². The van der Waals surface area contributed by atoms with Crippen LogP contribution in [0.3, 0.4) is 0 Å². The molecule has 6 nitrogen and oxygen atoms in total. The molecule has 2 aromatic rings. The van der Waals surface area contributed by atoms with Gasteiger partial charge in [0.1, 0.15) is 0 Å². The van der Waals surface area contributed by atoms with E-state index in [2.05, 4.69) is 0 Å². The molecule has 0 saturated carbocycles. The number of aliphatic hydroxyl groups is 2. The van der Waals surface area contributed by atoms with Gasteiger partial charge in [0, 0.05) is 22.7 Å². The van der Waals surface area contributed by atoms with Crippen LogP contribution in [0.4, 0.5) is 5.69 Å². The Balaban J connectivity index is 2.31. The number of rotatable bonds is 4. The first-order valence-electron chi connectivity index (χ1n) is 7.68. The monoisotopic (exact) mass is 395 g/mol. The maximum atomic E-state index is 13.1. The highest BCUT2D eigenvalue weighted by atomic mass is 35.5. The number of methoxy groups -OCH3 is 1. The fourth-order valence-electron chi connectivity index (χ4n) is 3.14. The van der Waals surface area contributed by atoms with Crippen LogP contribution in [0.5, 0.6) is 0 Å². The number of anilines is 1. The van der Waals surface area contributed by atoms with Crippen molar-refractivity contribution in [3.8, 4) is 0 Å². The van der Waals surface area contributed by atoms with Gasteiger partial charge in [-0.15, -0.1) is 0 Å². The van der Waals surface area contributed by atoms with Crippen molar-refractivity contribution in [2.75, 3.05) is 25.2 Å². The number of halogens is 2. The third-order valence-electron chi connectivity index (χ3n) is 4.29. The molecule has 8 heteroatoms. The van der Waals surface area contributed by atoms with Gasteiger partial charge in [-0.2, -0.15) is 0 Å². The number of hydrogen-bond donors (Lipinski definition) is 2. The van der Waals surface area contributed by atoms with Crippen molar-refractivity contribution in [2.24, 2.45) is 0 Å². The van der Waals surface area contributed by atoms with Crippen molar-refractivity contribution in [2.45, 2.75) is 5.60 Å². The summed E-state index contributed by atoms with van der Waals surface area (Å²) in [4.78, 5) is 26.1. The van der Waals surface area contributed by atoms with Crippen LogP contribution in [0, 0.1) is 0 Å². The Morgan fingerprint density at radius 2 is 1.92 bits per heavy atom. The van der Waals surface area contributed by atoms with E-state index in [1.807, 2.05) is 0 Å². The molecule has 0 aromatic heterocycles. The summed E-state index contributed by atoms with van der Waals surface area (Å²) in [5.74, 6) is -1.35. The molecular formula is C18H15Cl2NO5. The number of carbonyl (C=O) groups excluding carboxylic acids is 2. The Morgan fingerprint density at radius 1 is 1.23 bits per heavy atom. The van der Waals surface area contributed by atoms with Crippen LogP contribution >= 0.6 is 23.2 Å². The molecule has 1 amide bonds. The van der Waals surface area contributed by atoms with E-state index in [1.165, 1.54) is 30.2 Å². The standard InChI is InChI=1S/C18H15Cl2NO5/c1-26-16(23)10-8-13(20)15-14(9-10)21(6-7-22)17(24)18(15,25)11-4-2-3-5-12(11)19/h2-5,8-9,22,25H,6-7H2,1H3. The highest BCUT2D eigenvalue weighted by Gasteiger charge is 2.53. The van der Waals surface area contributed by atoms with E-state index < -0.39 is 17.5 Å². The van der Waals surface area contributed by atoms with E-state index in [-0.39, 0.29) is 45.6 Å². The number of esters is 1. The first-order valence-corrected chi connectivity index (χ1v) is 8.44. The van der Waals surface area contributed by atoms with Gasteiger partial charge in [0.15, 0.2) is 5.60 Å². The van der Waals surface area contributed by atoms with Gasteiger partial charge >= 0.3 is 5.97 Å². The Morgan fingerprint density at radius 3 is 2.54 bits per heavy atom. The van der Waals surface area contributed by atoms with Crippen LogP contribution < -0.4 is 4.90 Å². The summed E-state index contributed by atoms with van der Waals surface area (Å²) in [5.41, 5.74) is -1.51. The average Bonchev–Trinajstić information content (AvgIpc) is 2.84. The van der Waals surface area contributed by atoms with Crippen molar-refractivity contribution in [3.63, 3.8) is 0 Å². The van der Waals surface area contributed by atoms with Gasteiger partial charge in [-0.05, 0) is 18.2 Å². The van der Waals surface area contributed by atoms with Crippen molar-refractivity contribution < 1.29 is 24.5 Å². The molecule has 0 saturated heterocycles. The molecule has 1 aliphatic rings. The van der Waals surface area contributed by atoms with Gasteiger partial charge in [-0.3, -0.25) is 4.79 Å². The molecule has 0 aliphatic carbocycles. The number of carbonyl (C=O) groups is 2. The van der Waals surface area contributed by atoms with Gasteiger partial charge in [0.2, 0.25) is 0 Å². The Hall–Kier alpha value is -2.12. The molecule has 1 heterocycles. The fourth-order valence-corrected chi connectivity index (χ4v) is 3.76. The lowest BCUT2D eigenvalue weighted by molar-refractivity contribution is -0.132. The third kappa shape index (κ3) is 2.66. The van der Waals surface area contributed by atoms with Crippen molar-refractivity contribution in [1.82, 2.24) is 0 Å². The number of hydrogen-bond acceptors (Lipinski definition) is 5. The molecule has 1 aliphatic heterocycles. The number of fused-ring (bicyclic) bond motifs is 1. The van der Waals surface area contributed by atoms with Crippen LogP contribution in [0.2, 0.25) is 10.0 Å². The van der Waals surface area contributed by atoms with Crippen LogP contribution in [0.15, 0.2) is 36.4 Å². The maximum Gasteiger partial charge on any atom is 0.337 e. The predicted molar refractivity (Wildman–Crippen MR) is 96.7 cm³/mol. The summed E-state index contributed by atoms with van der Waals surface area (Å²) >= 11 is 12.6. The summed E-state index contributed by atoms with van der Waals surface area (Å²) in [6.45, 7) is -0.427. The Kier molecular flexibility index (Phi) is 4.94. The first-order chi connectivity index (χ1) is 12.4. The molecule has 1 atom stereocenters. The molecule has 0 fully saturated rings. The van der Waals surface area contributed by atoms with Gasteiger partial charge < -0.3 is 19.8 Å². The van der Waals surface area contributed by atoms with Crippen LogP contribution in [0.25, 0.3) is 0 Å².